The van der Waals surface area contributed by atoms with Crippen molar-refractivity contribution in [3.63, 3.8) is 0 Å². The first-order chi connectivity index (χ1) is 13.1. The Hall–Kier alpha value is -2.82. The van der Waals surface area contributed by atoms with Crippen LogP contribution in [0.5, 0.6) is 5.75 Å². The third kappa shape index (κ3) is 4.30. The van der Waals surface area contributed by atoms with E-state index in [1.165, 1.54) is 0 Å². The van der Waals surface area contributed by atoms with Gasteiger partial charge >= 0.3 is 0 Å². The Morgan fingerprint density at radius 1 is 1.07 bits per heavy atom. The Balaban J connectivity index is 1.49. The van der Waals surface area contributed by atoms with Crippen LogP contribution < -0.4 is 10.1 Å². The van der Waals surface area contributed by atoms with Gasteiger partial charge in [-0.15, -0.1) is 0 Å². The van der Waals surface area contributed by atoms with Crippen molar-refractivity contribution in [2.45, 2.75) is 38.3 Å². The van der Waals surface area contributed by atoms with Crippen LogP contribution in [0.15, 0.2) is 48.5 Å². The van der Waals surface area contributed by atoms with Crippen molar-refractivity contribution < 1.29 is 14.3 Å². The zero-order valence-electron chi connectivity index (χ0n) is 15.5. The molecule has 2 saturated carbocycles. The van der Waals surface area contributed by atoms with Crippen molar-refractivity contribution in [2.24, 2.45) is 5.92 Å². The van der Waals surface area contributed by atoms with Crippen molar-refractivity contribution in [2.75, 3.05) is 12.4 Å². The molecule has 0 aliphatic heterocycles. The minimum Gasteiger partial charge on any atom is -0.497 e. The maximum absolute atomic E-state index is 13.1. The number of amides is 2. The Labute approximate surface area is 159 Å². The minimum atomic E-state index is 0.0100. The first-order valence-electron chi connectivity index (χ1n) is 9.49. The molecule has 1 N–H and O–H groups in total. The van der Waals surface area contributed by atoms with Crippen molar-refractivity contribution in [3.8, 4) is 5.75 Å². The minimum absolute atomic E-state index is 0.0100. The van der Waals surface area contributed by atoms with Gasteiger partial charge in [0.25, 0.3) is 5.91 Å². The van der Waals surface area contributed by atoms with Crippen LogP contribution in [0, 0.1) is 5.92 Å². The largest absolute Gasteiger partial charge is 0.497 e. The number of methoxy groups -OCH3 is 1. The van der Waals surface area contributed by atoms with E-state index in [4.69, 9.17) is 4.74 Å². The highest BCUT2D eigenvalue weighted by molar-refractivity contribution is 5.98. The van der Waals surface area contributed by atoms with Crippen molar-refractivity contribution in [3.05, 3.63) is 59.7 Å². The molecule has 5 heteroatoms. The summed E-state index contributed by atoms with van der Waals surface area (Å²) in [6.45, 7) is 0.576. The number of nitrogens with one attached hydrogen (secondary N) is 1. The molecule has 5 nitrogen and oxygen atoms in total. The van der Waals surface area contributed by atoms with E-state index < -0.39 is 0 Å². The molecule has 0 atom stereocenters. The predicted octanol–water partition coefficient (Wildman–Crippen LogP) is 3.85. The molecule has 0 bridgehead atoms. The summed E-state index contributed by atoms with van der Waals surface area (Å²) in [5.74, 6) is 1.01. The fraction of sp³-hybridized carbons (Fsp3) is 0.364. The molecular weight excluding hydrogens is 340 g/mol. The number of carbonyl (C=O) groups excluding carboxylic acids is 2. The third-order valence-corrected chi connectivity index (χ3v) is 5.09. The van der Waals surface area contributed by atoms with Crippen LogP contribution >= 0.6 is 0 Å². The molecule has 0 aromatic heterocycles. The summed E-state index contributed by atoms with van der Waals surface area (Å²) in [4.78, 5) is 27.0. The first-order valence-corrected chi connectivity index (χ1v) is 9.49. The van der Waals surface area contributed by atoms with E-state index in [9.17, 15) is 9.59 Å². The highest BCUT2D eigenvalue weighted by Crippen LogP contribution is 2.32. The van der Waals surface area contributed by atoms with E-state index in [0.29, 0.717) is 23.8 Å². The zero-order chi connectivity index (χ0) is 18.8. The van der Waals surface area contributed by atoms with Crippen LogP contribution in [0.1, 0.15) is 41.6 Å². The SMILES string of the molecule is COc1ccc(CN(C(=O)c2cccc(NC(=O)C3CC3)c2)C2CC2)cc1. The highest BCUT2D eigenvalue weighted by Gasteiger charge is 2.33. The lowest BCUT2D eigenvalue weighted by molar-refractivity contribution is -0.117. The number of benzene rings is 2. The lowest BCUT2D eigenvalue weighted by Crippen LogP contribution is -2.32. The summed E-state index contributed by atoms with van der Waals surface area (Å²) >= 11 is 0. The van der Waals surface area contributed by atoms with Crippen molar-refractivity contribution in [1.82, 2.24) is 4.90 Å². The van der Waals surface area contributed by atoms with Crippen LogP contribution in [0.4, 0.5) is 5.69 Å². The normalized spacial score (nSPS) is 15.9. The quantitative estimate of drug-likeness (QED) is 0.812. The smallest absolute Gasteiger partial charge is 0.254 e. The van der Waals surface area contributed by atoms with Gasteiger partial charge in [-0.1, -0.05) is 18.2 Å². The summed E-state index contributed by atoms with van der Waals surface area (Å²) < 4.78 is 5.20. The number of ether oxygens (including phenoxy) is 1. The monoisotopic (exact) mass is 364 g/mol. The van der Waals surface area contributed by atoms with E-state index in [-0.39, 0.29) is 17.7 Å². The van der Waals surface area contributed by atoms with Gasteiger partial charge in [0, 0.05) is 29.8 Å². The Morgan fingerprint density at radius 2 is 1.81 bits per heavy atom. The second-order valence-corrected chi connectivity index (χ2v) is 7.36. The number of hydrogen-bond acceptors (Lipinski definition) is 3. The molecule has 2 amide bonds. The summed E-state index contributed by atoms with van der Waals surface area (Å²) in [6.07, 6.45) is 4.00. The summed E-state index contributed by atoms with van der Waals surface area (Å²) in [5, 5.41) is 2.92. The second-order valence-electron chi connectivity index (χ2n) is 7.36. The van der Waals surface area contributed by atoms with E-state index in [1.807, 2.05) is 47.4 Å². The van der Waals surface area contributed by atoms with Crippen molar-refractivity contribution in [1.29, 1.82) is 0 Å². The van der Waals surface area contributed by atoms with Gasteiger partial charge in [0.15, 0.2) is 0 Å². The molecule has 2 fully saturated rings. The van der Waals surface area contributed by atoms with Crippen LogP contribution in [-0.2, 0) is 11.3 Å². The fourth-order valence-corrected chi connectivity index (χ4v) is 3.17. The van der Waals surface area contributed by atoms with Crippen molar-refractivity contribution >= 4 is 17.5 Å². The molecule has 4 rings (SSSR count). The maximum Gasteiger partial charge on any atom is 0.254 e. The summed E-state index contributed by atoms with van der Waals surface area (Å²) in [6, 6.07) is 15.4. The molecule has 27 heavy (non-hydrogen) atoms. The van der Waals surface area contributed by atoms with Gasteiger partial charge in [-0.25, -0.2) is 0 Å². The molecule has 2 aliphatic rings. The molecule has 0 heterocycles. The average molecular weight is 364 g/mol. The molecule has 0 unspecified atom stereocenters. The van der Waals surface area contributed by atoms with Gasteiger partial charge in [-0.05, 0) is 61.6 Å². The van der Waals surface area contributed by atoms with Gasteiger partial charge in [0.1, 0.15) is 5.75 Å². The van der Waals surface area contributed by atoms with Gasteiger partial charge in [0.05, 0.1) is 7.11 Å². The molecule has 0 spiro atoms. The van der Waals surface area contributed by atoms with Crippen LogP contribution in [0.2, 0.25) is 0 Å². The second kappa shape index (κ2) is 7.43. The van der Waals surface area contributed by atoms with Gasteiger partial charge in [-0.3, -0.25) is 9.59 Å². The Bertz CT molecular complexity index is 839. The topological polar surface area (TPSA) is 58.6 Å². The number of anilines is 1. The summed E-state index contributed by atoms with van der Waals surface area (Å²) in [7, 11) is 1.64. The molecule has 0 radical (unpaired) electrons. The first kappa shape index (κ1) is 17.6. The molecule has 2 aliphatic carbocycles. The molecular formula is C22H24N2O3. The van der Waals surface area contributed by atoms with Crippen LogP contribution in [0.3, 0.4) is 0 Å². The van der Waals surface area contributed by atoms with Gasteiger partial charge in [-0.2, -0.15) is 0 Å². The Kier molecular flexibility index (Phi) is 4.84. The lowest BCUT2D eigenvalue weighted by atomic mass is 10.1. The lowest BCUT2D eigenvalue weighted by Gasteiger charge is -2.23. The van der Waals surface area contributed by atoms with Crippen LogP contribution in [0.25, 0.3) is 0 Å². The average Bonchev–Trinajstić information content (AvgIpc) is 3.58. The predicted molar refractivity (Wildman–Crippen MR) is 104 cm³/mol. The molecule has 0 saturated heterocycles. The molecule has 140 valence electrons. The van der Waals surface area contributed by atoms with E-state index in [1.54, 1.807) is 13.2 Å². The van der Waals surface area contributed by atoms with E-state index in [2.05, 4.69) is 5.32 Å². The third-order valence-electron chi connectivity index (χ3n) is 5.09. The van der Waals surface area contributed by atoms with Crippen LogP contribution in [-0.4, -0.2) is 29.9 Å². The fourth-order valence-electron chi connectivity index (χ4n) is 3.17. The number of rotatable bonds is 7. The molecule has 2 aromatic rings. The maximum atomic E-state index is 13.1. The Morgan fingerprint density at radius 3 is 2.44 bits per heavy atom. The summed E-state index contributed by atoms with van der Waals surface area (Å²) in [5.41, 5.74) is 2.39. The zero-order valence-corrected chi connectivity index (χ0v) is 15.5. The number of hydrogen-bond donors (Lipinski definition) is 1. The molecule has 2 aromatic carbocycles. The van der Waals surface area contributed by atoms with Gasteiger partial charge < -0.3 is 15.0 Å². The van der Waals surface area contributed by atoms with E-state index in [0.717, 1.165) is 37.0 Å². The number of carbonyl (C=O) groups is 2. The highest BCUT2D eigenvalue weighted by atomic mass is 16.5. The standard InChI is InChI=1S/C22H24N2O3/c1-27-20-11-5-15(6-12-20)14-24(19-9-10-19)22(26)17-3-2-4-18(13-17)23-21(25)16-7-8-16/h2-6,11-13,16,19H,7-10,14H2,1H3,(H,23,25). The van der Waals surface area contributed by atoms with Gasteiger partial charge in [0.2, 0.25) is 5.91 Å². The van der Waals surface area contributed by atoms with E-state index >= 15 is 0 Å². The number of nitrogens with zero attached hydrogens (tertiary/aromatic N) is 1.